The Morgan fingerprint density at radius 3 is 2.85 bits per heavy atom. The Kier molecular flexibility index (Phi) is 2.06. The Labute approximate surface area is 80.7 Å². The van der Waals surface area contributed by atoms with Crippen LogP contribution in [0, 0.1) is 11.8 Å². The average molecular weight is 180 g/mol. The molecule has 2 atom stereocenters. The van der Waals surface area contributed by atoms with Crippen LogP contribution in [-0.4, -0.2) is 37.1 Å². The maximum atomic E-state index is 3.37. The van der Waals surface area contributed by atoms with Crippen molar-refractivity contribution in [2.45, 2.75) is 31.7 Å². The van der Waals surface area contributed by atoms with E-state index in [0.717, 1.165) is 17.9 Å². The third-order valence-corrected chi connectivity index (χ3v) is 4.23. The minimum Gasteiger partial charge on any atom is -0.316 e. The molecule has 0 bridgehead atoms. The van der Waals surface area contributed by atoms with Crippen LogP contribution in [0.3, 0.4) is 0 Å². The van der Waals surface area contributed by atoms with Gasteiger partial charge in [-0.3, -0.25) is 4.90 Å². The quantitative estimate of drug-likeness (QED) is 0.684. The Balaban J connectivity index is 1.58. The van der Waals surface area contributed by atoms with Crippen molar-refractivity contribution in [3.05, 3.63) is 0 Å². The zero-order valence-electron chi connectivity index (χ0n) is 8.34. The molecule has 3 aliphatic rings. The first-order chi connectivity index (χ1) is 6.43. The molecule has 3 rings (SSSR count). The Morgan fingerprint density at radius 1 is 1.15 bits per heavy atom. The molecule has 2 saturated heterocycles. The summed E-state index contributed by atoms with van der Waals surface area (Å²) in [5.74, 6) is 2.05. The first-order valence-corrected chi connectivity index (χ1v) is 5.88. The van der Waals surface area contributed by atoms with E-state index in [2.05, 4.69) is 10.2 Å². The second-order valence-electron chi connectivity index (χ2n) is 5.07. The minimum atomic E-state index is 0.972. The topological polar surface area (TPSA) is 15.3 Å². The van der Waals surface area contributed by atoms with Crippen LogP contribution >= 0.6 is 0 Å². The molecule has 0 amide bonds. The highest BCUT2D eigenvalue weighted by Gasteiger charge is 2.38. The third kappa shape index (κ3) is 1.40. The van der Waals surface area contributed by atoms with E-state index in [1.165, 1.54) is 51.9 Å². The fourth-order valence-corrected chi connectivity index (χ4v) is 3.37. The number of hydrogen-bond donors (Lipinski definition) is 1. The number of rotatable bonds is 2. The van der Waals surface area contributed by atoms with Crippen LogP contribution in [0.2, 0.25) is 0 Å². The molecule has 3 fully saturated rings. The van der Waals surface area contributed by atoms with E-state index in [1.807, 2.05) is 0 Å². The van der Waals surface area contributed by atoms with E-state index < -0.39 is 0 Å². The van der Waals surface area contributed by atoms with Crippen LogP contribution < -0.4 is 5.32 Å². The number of nitrogens with zero attached hydrogens (tertiary/aromatic N) is 1. The zero-order chi connectivity index (χ0) is 8.67. The molecule has 0 radical (unpaired) electrons. The van der Waals surface area contributed by atoms with Gasteiger partial charge in [0, 0.05) is 25.7 Å². The van der Waals surface area contributed by atoms with Gasteiger partial charge in [-0.2, -0.15) is 0 Å². The molecule has 2 heteroatoms. The number of fused-ring (bicyclic) bond motifs is 1. The Hall–Kier alpha value is -0.0800. The van der Waals surface area contributed by atoms with Gasteiger partial charge >= 0.3 is 0 Å². The van der Waals surface area contributed by atoms with E-state index in [0.29, 0.717) is 0 Å². The summed E-state index contributed by atoms with van der Waals surface area (Å²) in [4.78, 5) is 2.78. The van der Waals surface area contributed by atoms with Gasteiger partial charge in [0.25, 0.3) is 0 Å². The number of likely N-dealkylation sites (tertiary alicyclic amines) is 1. The van der Waals surface area contributed by atoms with Gasteiger partial charge in [0.2, 0.25) is 0 Å². The van der Waals surface area contributed by atoms with Crippen molar-refractivity contribution < 1.29 is 0 Å². The first-order valence-electron chi connectivity index (χ1n) is 5.88. The fraction of sp³-hybridized carbons (Fsp3) is 1.00. The van der Waals surface area contributed by atoms with Gasteiger partial charge in [-0.1, -0.05) is 6.42 Å². The van der Waals surface area contributed by atoms with Crippen molar-refractivity contribution >= 4 is 0 Å². The molecule has 0 aromatic rings. The molecule has 1 N–H and O–H groups in total. The third-order valence-electron chi connectivity index (χ3n) is 4.23. The molecule has 74 valence electrons. The van der Waals surface area contributed by atoms with Gasteiger partial charge in [-0.25, -0.2) is 0 Å². The van der Waals surface area contributed by atoms with E-state index >= 15 is 0 Å². The summed E-state index contributed by atoms with van der Waals surface area (Å²) in [6, 6.07) is 0.987. The zero-order valence-corrected chi connectivity index (χ0v) is 8.34. The molecule has 0 spiro atoms. The maximum Gasteiger partial charge on any atom is 0.0124 e. The normalized spacial score (nSPS) is 40.6. The van der Waals surface area contributed by atoms with Crippen molar-refractivity contribution in [2.75, 3.05) is 26.2 Å². The van der Waals surface area contributed by atoms with Crippen LogP contribution in [-0.2, 0) is 0 Å². The molecule has 13 heavy (non-hydrogen) atoms. The summed E-state index contributed by atoms with van der Waals surface area (Å²) < 4.78 is 0. The van der Waals surface area contributed by atoms with Crippen molar-refractivity contribution in [3.8, 4) is 0 Å². The lowest BCUT2D eigenvalue weighted by atomic mass is 10.0. The van der Waals surface area contributed by atoms with Crippen LogP contribution in [0.4, 0.5) is 0 Å². The molecular formula is C11H20N2. The molecule has 1 saturated carbocycles. The molecule has 0 aromatic carbocycles. The van der Waals surface area contributed by atoms with E-state index in [4.69, 9.17) is 0 Å². The second kappa shape index (κ2) is 3.25. The van der Waals surface area contributed by atoms with Gasteiger partial charge in [0.05, 0.1) is 0 Å². The van der Waals surface area contributed by atoms with Gasteiger partial charge in [-0.15, -0.1) is 0 Å². The Bertz CT molecular complexity index is 189. The van der Waals surface area contributed by atoms with Crippen molar-refractivity contribution in [1.29, 1.82) is 0 Å². The smallest absolute Gasteiger partial charge is 0.0124 e. The fourth-order valence-electron chi connectivity index (χ4n) is 3.37. The summed E-state index contributed by atoms with van der Waals surface area (Å²) >= 11 is 0. The Morgan fingerprint density at radius 2 is 2.08 bits per heavy atom. The summed E-state index contributed by atoms with van der Waals surface area (Å²) in [5.41, 5.74) is 0. The minimum absolute atomic E-state index is 0.972. The lowest BCUT2D eigenvalue weighted by Gasteiger charge is -2.33. The van der Waals surface area contributed by atoms with Gasteiger partial charge in [0.15, 0.2) is 0 Å². The lowest BCUT2D eigenvalue weighted by molar-refractivity contribution is 0.173. The molecule has 2 heterocycles. The van der Waals surface area contributed by atoms with E-state index in [9.17, 15) is 0 Å². The summed E-state index contributed by atoms with van der Waals surface area (Å²) in [6.45, 7) is 5.32. The van der Waals surface area contributed by atoms with Crippen molar-refractivity contribution in [3.63, 3.8) is 0 Å². The van der Waals surface area contributed by atoms with Gasteiger partial charge < -0.3 is 5.32 Å². The highest BCUT2D eigenvalue weighted by molar-refractivity contribution is 4.93. The second-order valence-corrected chi connectivity index (χ2v) is 5.07. The van der Waals surface area contributed by atoms with Crippen LogP contribution in [0.1, 0.15) is 25.7 Å². The average Bonchev–Trinajstić information content (AvgIpc) is 2.58. The predicted molar refractivity (Wildman–Crippen MR) is 53.7 cm³/mol. The summed E-state index contributed by atoms with van der Waals surface area (Å²) in [5, 5.41) is 3.37. The van der Waals surface area contributed by atoms with Crippen LogP contribution in [0.25, 0.3) is 0 Å². The van der Waals surface area contributed by atoms with E-state index in [1.54, 1.807) is 0 Å². The molecule has 0 aromatic heterocycles. The molecular weight excluding hydrogens is 160 g/mol. The highest BCUT2D eigenvalue weighted by atomic mass is 15.2. The SMILES string of the molecule is C1CC2CCN(CC3CNC3)C2C1. The van der Waals surface area contributed by atoms with Crippen molar-refractivity contribution in [1.82, 2.24) is 10.2 Å². The van der Waals surface area contributed by atoms with Crippen molar-refractivity contribution in [2.24, 2.45) is 11.8 Å². The van der Waals surface area contributed by atoms with Gasteiger partial charge in [-0.05, 0) is 37.6 Å². The molecule has 2 unspecified atom stereocenters. The van der Waals surface area contributed by atoms with Crippen LogP contribution in [0.5, 0.6) is 0 Å². The predicted octanol–water partition coefficient (Wildman–Crippen LogP) is 1.08. The van der Waals surface area contributed by atoms with Crippen LogP contribution in [0.15, 0.2) is 0 Å². The van der Waals surface area contributed by atoms with E-state index in [-0.39, 0.29) is 0 Å². The number of hydrogen-bond acceptors (Lipinski definition) is 2. The van der Waals surface area contributed by atoms with Gasteiger partial charge in [0.1, 0.15) is 0 Å². The number of nitrogens with one attached hydrogen (secondary N) is 1. The first kappa shape index (κ1) is 8.25. The molecule has 1 aliphatic carbocycles. The monoisotopic (exact) mass is 180 g/mol. The highest BCUT2D eigenvalue weighted by Crippen LogP contribution is 2.38. The molecule has 2 nitrogen and oxygen atoms in total. The maximum absolute atomic E-state index is 3.37. The summed E-state index contributed by atoms with van der Waals surface area (Å²) in [7, 11) is 0. The summed E-state index contributed by atoms with van der Waals surface area (Å²) in [6.07, 6.45) is 5.99. The lowest BCUT2D eigenvalue weighted by Crippen LogP contribution is -2.49. The molecule has 2 aliphatic heterocycles. The largest absolute Gasteiger partial charge is 0.316 e. The standard InChI is InChI=1S/C11H20N2/c1-2-10-4-5-13(11(10)3-1)8-9-6-12-7-9/h9-12H,1-8H2.